The number of piperazine rings is 1. The van der Waals surface area contributed by atoms with Crippen LogP contribution in [-0.2, 0) is 6.42 Å². The van der Waals surface area contributed by atoms with Crippen molar-refractivity contribution in [3.63, 3.8) is 0 Å². The van der Waals surface area contributed by atoms with E-state index >= 15 is 0 Å². The molecule has 2 rings (SSSR count). The van der Waals surface area contributed by atoms with Gasteiger partial charge in [-0.25, -0.2) is 0 Å². The van der Waals surface area contributed by atoms with Crippen molar-refractivity contribution < 1.29 is 4.79 Å². The first kappa shape index (κ1) is 12.1. The number of nitrogens with one attached hydrogen (secondary N) is 1. The molecule has 1 saturated heterocycles. The molecule has 0 saturated carbocycles. The van der Waals surface area contributed by atoms with Gasteiger partial charge in [0.25, 0.3) is 5.91 Å². The number of rotatable bonds is 2. The van der Waals surface area contributed by atoms with E-state index in [4.69, 9.17) is 0 Å². The number of benzene rings is 1. The third-order valence-corrected chi connectivity index (χ3v) is 3.37. The average molecular weight is 232 g/mol. The van der Waals surface area contributed by atoms with E-state index in [9.17, 15) is 4.79 Å². The summed E-state index contributed by atoms with van der Waals surface area (Å²) in [5, 5.41) is 3.30. The first-order chi connectivity index (χ1) is 8.22. The molecule has 1 aliphatic heterocycles. The van der Waals surface area contributed by atoms with Crippen LogP contribution in [0.4, 0.5) is 0 Å². The molecule has 17 heavy (non-hydrogen) atoms. The third-order valence-electron chi connectivity index (χ3n) is 3.37. The molecule has 0 bridgehead atoms. The maximum atomic E-state index is 12.3. The van der Waals surface area contributed by atoms with Gasteiger partial charge in [0.2, 0.25) is 0 Å². The van der Waals surface area contributed by atoms with Crippen LogP contribution in [0.15, 0.2) is 24.3 Å². The lowest BCUT2D eigenvalue weighted by Gasteiger charge is -2.34. The van der Waals surface area contributed by atoms with Crippen molar-refractivity contribution >= 4 is 5.91 Å². The van der Waals surface area contributed by atoms with Gasteiger partial charge in [0.1, 0.15) is 0 Å². The minimum Gasteiger partial charge on any atom is -0.333 e. The highest BCUT2D eigenvalue weighted by Crippen LogP contribution is 2.11. The van der Waals surface area contributed by atoms with Gasteiger partial charge >= 0.3 is 0 Å². The minimum absolute atomic E-state index is 0.154. The summed E-state index contributed by atoms with van der Waals surface area (Å²) < 4.78 is 0. The largest absolute Gasteiger partial charge is 0.333 e. The van der Waals surface area contributed by atoms with Crippen molar-refractivity contribution in [2.75, 3.05) is 19.6 Å². The number of aryl methyl sites for hydroxylation is 1. The van der Waals surface area contributed by atoms with Crippen LogP contribution in [0, 0.1) is 0 Å². The minimum atomic E-state index is 0.154. The molecular formula is C14H20N2O. The summed E-state index contributed by atoms with van der Waals surface area (Å²) in [5.41, 5.74) is 2.07. The number of carbonyl (C=O) groups is 1. The van der Waals surface area contributed by atoms with Gasteiger partial charge in [-0.05, 0) is 31.0 Å². The Bertz CT molecular complexity index is 386. The molecule has 0 aromatic heterocycles. The first-order valence-electron chi connectivity index (χ1n) is 6.33. The molecule has 1 aliphatic rings. The number of amides is 1. The van der Waals surface area contributed by atoms with E-state index in [0.29, 0.717) is 0 Å². The Morgan fingerprint density at radius 1 is 1.41 bits per heavy atom. The Labute approximate surface area is 103 Å². The van der Waals surface area contributed by atoms with Gasteiger partial charge in [0, 0.05) is 31.2 Å². The van der Waals surface area contributed by atoms with Gasteiger partial charge in [-0.2, -0.15) is 0 Å². The predicted molar refractivity (Wildman–Crippen MR) is 69.2 cm³/mol. The normalized spacial score (nSPS) is 20.4. The molecule has 1 amide bonds. The highest BCUT2D eigenvalue weighted by atomic mass is 16.2. The number of carbonyl (C=O) groups excluding carboxylic acids is 1. The highest BCUT2D eigenvalue weighted by Gasteiger charge is 2.23. The fourth-order valence-electron chi connectivity index (χ4n) is 2.19. The molecular weight excluding hydrogens is 212 g/mol. The zero-order chi connectivity index (χ0) is 12.3. The van der Waals surface area contributed by atoms with Crippen molar-refractivity contribution in [2.45, 2.75) is 26.3 Å². The van der Waals surface area contributed by atoms with Crippen LogP contribution in [0.1, 0.15) is 29.8 Å². The van der Waals surface area contributed by atoms with Crippen LogP contribution in [0.2, 0.25) is 0 Å². The van der Waals surface area contributed by atoms with Crippen molar-refractivity contribution in [1.82, 2.24) is 10.2 Å². The van der Waals surface area contributed by atoms with E-state index in [1.54, 1.807) is 0 Å². The summed E-state index contributed by atoms with van der Waals surface area (Å²) in [6.07, 6.45) is 1.01. The zero-order valence-corrected chi connectivity index (χ0v) is 10.6. The fourth-order valence-corrected chi connectivity index (χ4v) is 2.19. The molecule has 0 spiro atoms. The highest BCUT2D eigenvalue weighted by molar-refractivity contribution is 5.94. The Kier molecular flexibility index (Phi) is 3.79. The molecule has 1 heterocycles. The van der Waals surface area contributed by atoms with E-state index in [2.05, 4.69) is 19.2 Å². The standard InChI is InChI=1S/C14H20N2O/c1-3-12-4-6-13(7-5-12)14(17)16-9-8-15-10-11(16)2/h4-7,11,15H,3,8-10H2,1-2H3/t11-/m1/s1. The van der Waals surface area contributed by atoms with Crippen molar-refractivity contribution in [3.05, 3.63) is 35.4 Å². The molecule has 0 aliphatic carbocycles. The van der Waals surface area contributed by atoms with Gasteiger partial charge in [-0.15, -0.1) is 0 Å². The molecule has 92 valence electrons. The Balaban J connectivity index is 2.12. The monoisotopic (exact) mass is 232 g/mol. The second kappa shape index (κ2) is 5.32. The molecule has 0 radical (unpaired) electrons. The third kappa shape index (κ3) is 2.67. The van der Waals surface area contributed by atoms with Gasteiger partial charge in [0.15, 0.2) is 0 Å². The van der Waals surface area contributed by atoms with Gasteiger partial charge < -0.3 is 10.2 Å². The van der Waals surface area contributed by atoms with Crippen LogP contribution < -0.4 is 5.32 Å². The quantitative estimate of drug-likeness (QED) is 0.841. The van der Waals surface area contributed by atoms with E-state index in [1.807, 2.05) is 29.2 Å². The average Bonchev–Trinajstić information content (AvgIpc) is 2.39. The number of hydrogen-bond acceptors (Lipinski definition) is 2. The lowest BCUT2D eigenvalue weighted by atomic mass is 10.1. The number of nitrogens with zero attached hydrogens (tertiary/aromatic N) is 1. The summed E-state index contributed by atoms with van der Waals surface area (Å²) in [6.45, 7) is 6.79. The van der Waals surface area contributed by atoms with Crippen LogP contribution in [0.5, 0.6) is 0 Å². The summed E-state index contributed by atoms with van der Waals surface area (Å²) in [7, 11) is 0. The van der Waals surface area contributed by atoms with Crippen LogP contribution in [0.3, 0.4) is 0 Å². The van der Waals surface area contributed by atoms with E-state index in [0.717, 1.165) is 31.6 Å². The number of hydrogen-bond donors (Lipinski definition) is 1. The molecule has 3 nitrogen and oxygen atoms in total. The second-order valence-corrected chi connectivity index (χ2v) is 4.60. The van der Waals surface area contributed by atoms with Crippen LogP contribution in [-0.4, -0.2) is 36.5 Å². The molecule has 1 N–H and O–H groups in total. The topological polar surface area (TPSA) is 32.3 Å². The maximum Gasteiger partial charge on any atom is 0.254 e. The van der Waals surface area contributed by atoms with E-state index < -0.39 is 0 Å². The second-order valence-electron chi connectivity index (χ2n) is 4.60. The summed E-state index contributed by atoms with van der Waals surface area (Å²) in [4.78, 5) is 14.3. The SMILES string of the molecule is CCc1ccc(C(=O)N2CCNC[C@H]2C)cc1. The zero-order valence-electron chi connectivity index (χ0n) is 10.6. The molecule has 1 aromatic carbocycles. The summed E-state index contributed by atoms with van der Waals surface area (Å²) in [5.74, 6) is 0.154. The lowest BCUT2D eigenvalue weighted by molar-refractivity contribution is 0.0656. The van der Waals surface area contributed by atoms with E-state index in [-0.39, 0.29) is 11.9 Å². The summed E-state index contributed by atoms with van der Waals surface area (Å²) in [6, 6.07) is 8.24. The molecule has 1 fully saturated rings. The summed E-state index contributed by atoms with van der Waals surface area (Å²) >= 11 is 0. The Morgan fingerprint density at radius 3 is 2.71 bits per heavy atom. The van der Waals surface area contributed by atoms with Crippen LogP contribution in [0.25, 0.3) is 0 Å². The molecule has 0 unspecified atom stereocenters. The van der Waals surface area contributed by atoms with Crippen molar-refractivity contribution in [1.29, 1.82) is 0 Å². The predicted octanol–water partition coefficient (Wildman–Crippen LogP) is 1.68. The van der Waals surface area contributed by atoms with Gasteiger partial charge in [-0.3, -0.25) is 4.79 Å². The fraction of sp³-hybridized carbons (Fsp3) is 0.500. The molecule has 1 aromatic rings. The van der Waals surface area contributed by atoms with Gasteiger partial charge in [0.05, 0.1) is 0 Å². The Morgan fingerprint density at radius 2 is 2.12 bits per heavy atom. The van der Waals surface area contributed by atoms with Gasteiger partial charge in [-0.1, -0.05) is 19.1 Å². The Hall–Kier alpha value is -1.35. The smallest absolute Gasteiger partial charge is 0.254 e. The van der Waals surface area contributed by atoms with Crippen LogP contribution >= 0.6 is 0 Å². The molecule has 1 atom stereocenters. The van der Waals surface area contributed by atoms with E-state index in [1.165, 1.54) is 5.56 Å². The molecule has 3 heteroatoms. The maximum absolute atomic E-state index is 12.3. The first-order valence-corrected chi connectivity index (χ1v) is 6.33. The van der Waals surface area contributed by atoms with Crippen molar-refractivity contribution in [3.8, 4) is 0 Å². The van der Waals surface area contributed by atoms with Crippen molar-refractivity contribution in [2.24, 2.45) is 0 Å². The lowest BCUT2D eigenvalue weighted by Crippen LogP contribution is -2.52.